The minimum atomic E-state index is -3.96. The van der Waals surface area contributed by atoms with Gasteiger partial charge in [0.05, 0.1) is 4.90 Å². The number of rotatable bonds is 7. The van der Waals surface area contributed by atoms with Crippen molar-refractivity contribution in [2.24, 2.45) is 0 Å². The standard InChI is InChI=1S/C20H21FN2O3S/c1-3-4-13-22-19-20(27(24,25)16-11-9-15(21)10-12-16)23-18(26-19)17-8-6-5-7-14(17)2/h5-12,22H,3-4,13H2,1-2H3. The number of sulfone groups is 1. The number of oxazole rings is 1. The van der Waals surface area contributed by atoms with Crippen molar-refractivity contribution >= 4 is 15.7 Å². The fourth-order valence-corrected chi connectivity index (χ4v) is 3.91. The summed E-state index contributed by atoms with van der Waals surface area (Å²) in [5, 5.41) is 2.84. The maximum Gasteiger partial charge on any atom is 0.233 e. The summed E-state index contributed by atoms with van der Waals surface area (Å²) in [6.07, 6.45) is 1.81. The third-order valence-corrected chi connectivity index (χ3v) is 5.84. The highest BCUT2D eigenvalue weighted by Crippen LogP contribution is 2.33. The van der Waals surface area contributed by atoms with Crippen molar-refractivity contribution < 1.29 is 17.2 Å². The molecule has 0 spiro atoms. The van der Waals surface area contributed by atoms with Gasteiger partial charge in [0.2, 0.25) is 26.6 Å². The van der Waals surface area contributed by atoms with Gasteiger partial charge in [0.25, 0.3) is 0 Å². The summed E-state index contributed by atoms with van der Waals surface area (Å²) in [7, 11) is -3.96. The predicted molar refractivity (Wildman–Crippen MR) is 102 cm³/mol. The van der Waals surface area contributed by atoms with Crippen molar-refractivity contribution in [3.63, 3.8) is 0 Å². The summed E-state index contributed by atoms with van der Waals surface area (Å²) < 4.78 is 45.1. The molecule has 0 amide bonds. The number of anilines is 1. The van der Waals surface area contributed by atoms with E-state index in [4.69, 9.17) is 4.42 Å². The van der Waals surface area contributed by atoms with Crippen LogP contribution >= 0.6 is 0 Å². The molecule has 1 N–H and O–H groups in total. The summed E-state index contributed by atoms with van der Waals surface area (Å²) in [6, 6.07) is 12.1. The Kier molecular flexibility index (Phi) is 5.60. The van der Waals surface area contributed by atoms with Gasteiger partial charge in [0, 0.05) is 12.1 Å². The number of nitrogens with zero attached hydrogens (tertiary/aromatic N) is 1. The van der Waals surface area contributed by atoms with E-state index in [1.54, 1.807) is 0 Å². The van der Waals surface area contributed by atoms with Crippen LogP contribution in [0.5, 0.6) is 0 Å². The molecule has 27 heavy (non-hydrogen) atoms. The summed E-state index contributed by atoms with van der Waals surface area (Å²) >= 11 is 0. The third-order valence-electron chi connectivity index (χ3n) is 4.17. The van der Waals surface area contributed by atoms with E-state index in [0.29, 0.717) is 6.54 Å². The quantitative estimate of drug-likeness (QED) is 0.463. The van der Waals surface area contributed by atoms with Crippen molar-refractivity contribution in [1.82, 2.24) is 4.98 Å². The van der Waals surface area contributed by atoms with E-state index in [1.807, 2.05) is 38.1 Å². The summed E-state index contributed by atoms with van der Waals surface area (Å²) in [5.74, 6) is -0.171. The van der Waals surface area contributed by atoms with Crippen LogP contribution in [0.4, 0.5) is 10.3 Å². The van der Waals surface area contributed by atoms with Crippen LogP contribution in [-0.2, 0) is 9.84 Å². The molecule has 2 aromatic carbocycles. The van der Waals surface area contributed by atoms with Crippen LogP contribution in [0.25, 0.3) is 11.5 Å². The second-order valence-corrected chi connectivity index (χ2v) is 8.07. The Morgan fingerprint density at radius 2 is 1.81 bits per heavy atom. The molecular formula is C20H21FN2O3S. The summed E-state index contributed by atoms with van der Waals surface area (Å²) in [4.78, 5) is 4.24. The monoisotopic (exact) mass is 388 g/mol. The molecule has 0 fully saturated rings. The highest BCUT2D eigenvalue weighted by molar-refractivity contribution is 7.91. The number of aromatic nitrogens is 1. The number of aryl methyl sites for hydroxylation is 1. The van der Waals surface area contributed by atoms with Crippen LogP contribution in [0.3, 0.4) is 0 Å². The minimum absolute atomic E-state index is 0.0351. The summed E-state index contributed by atoms with van der Waals surface area (Å²) in [5.41, 5.74) is 1.64. The predicted octanol–water partition coefficient (Wildman–Crippen LogP) is 4.83. The molecule has 0 aliphatic rings. The second kappa shape index (κ2) is 7.92. The van der Waals surface area contributed by atoms with E-state index >= 15 is 0 Å². The maximum absolute atomic E-state index is 13.2. The molecule has 0 unspecified atom stereocenters. The molecule has 1 heterocycles. The maximum atomic E-state index is 13.2. The molecule has 3 rings (SSSR count). The Morgan fingerprint density at radius 3 is 2.48 bits per heavy atom. The van der Waals surface area contributed by atoms with Crippen molar-refractivity contribution in [2.75, 3.05) is 11.9 Å². The van der Waals surface area contributed by atoms with Crippen molar-refractivity contribution in [3.8, 4) is 11.5 Å². The highest BCUT2D eigenvalue weighted by Gasteiger charge is 2.28. The van der Waals surface area contributed by atoms with Gasteiger partial charge >= 0.3 is 0 Å². The molecule has 5 nitrogen and oxygen atoms in total. The minimum Gasteiger partial charge on any atom is -0.419 e. The Morgan fingerprint density at radius 1 is 1.11 bits per heavy atom. The zero-order valence-corrected chi connectivity index (χ0v) is 16.0. The number of nitrogens with one attached hydrogen (secondary N) is 1. The number of hydrogen-bond acceptors (Lipinski definition) is 5. The molecule has 0 atom stereocenters. The van der Waals surface area contributed by atoms with Gasteiger partial charge in [0.15, 0.2) is 0 Å². The van der Waals surface area contributed by atoms with Crippen LogP contribution in [0.15, 0.2) is 62.9 Å². The molecule has 7 heteroatoms. The fourth-order valence-electron chi connectivity index (χ4n) is 2.63. The Hall–Kier alpha value is -2.67. The number of halogens is 1. The number of unbranched alkanes of at least 4 members (excludes halogenated alkanes) is 1. The van der Waals surface area contributed by atoms with E-state index in [2.05, 4.69) is 10.3 Å². The van der Waals surface area contributed by atoms with Gasteiger partial charge in [-0.1, -0.05) is 31.5 Å². The average molecular weight is 388 g/mol. The van der Waals surface area contributed by atoms with E-state index in [9.17, 15) is 12.8 Å². The first kappa shape index (κ1) is 19.1. The first-order valence-electron chi connectivity index (χ1n) is 8.75. The number of benzene rings is 2. The van der Waals surface area contributed by atoms with Gasteiger partial charge in [-0.15, -0.1) is 0 Å². The fraction of sp³-hybridized carbons (Fsp3) is 0.250. The highest BCUT2D eigenvalue weighted by atomic mass is 32.2. The van der Waals surface area contributed by atoms with Crippen LogP contribution in [-0.4, -0.2) is 19.9 Å². The van der Waals surface area contributed by atoms with Gasteiger partial charge in [-0.05, 0) is 49.2 Å². The molecule has 1 aromatic heterocycles. The van der Waals surface area contributed by atoms with Crippen molar-refractivity contribution in [1.29, 1.82) is 0 Å². The van der Waals surface area contributed by atoms with Gasteiger partial charge in [-0.25, -0.2) is 12.8 Å². The van der Waals surface area contributed by atoms with Crippen LogP contribution in [0.1, 0.15) is 25.3 Å². The van der Waals surface area contributed by atoms with Crippen molar-refractivity contribution in [2.45, 2.75) is 36.6 Å². The molecule has 142 valence electrons. The van der Waals surface area contributed by atoms with Crippen LogP contribution in [0.2, 0.25) is 0 Å². The second-order valence-electron chi connectivity index (χ2n) is 6.21. The lowest BCUT2D eigenvalue weighted by Crippen LogP contribution is -2.08. The molecule has 0 aliphatic heterocycles. The lowest BCUT2D eigenvalue weighted by molar-refractivity contribution is 0.575. The lowest BCUT2D eigenvalue weighted by Gasteiger charge is -2.05. The average Bonchev–Trinajstić information content (AvgIpc) is 3.07. The topological polar surface area (TPSA) is 72.2 Å². The third kappa shape index (κ3) is 4.03. The van der Waals surface area contributed by atoms with Crippen LogP contribution < -0.4 is 5.32 Å². The van der Waals surface area contributed by atoms with E-state index in [0.717, 1.165) is 36.1 Å². The molecule has 0 bridgehead atoms. The smallest absolute Gasteiger partial charge is 0.233 e. The molecule has 0 radical (unpaired) electrons. The number of hydrogen-bond donors (Lipinski definition) is 1. The Balaban J connectivity index is 2.09. The van der Waals surface area contributed by atoms with E-state index in [1.165, 1.54) is 12.1 Å². The zero-order valence-electron chi connectivity index (χ0n) is 15.2. The largest absolute Gasteiger partial charge is 0.419 e. The van der Waals surface area contributed by atoms with Gasteiger partial charge < -0.3 is 9.73 Å². The van der Waals surface area contributed by atoms with Gasteiger partial charge in [-0.2, -0.15) is 4.98 Å². The molecule has 0 aliphatic carbocycles. The first-order valence-corrected chi connectivity index (χ1v) is 10.2. The SMILES string of the molecule is CCCCNc1oc(-c2ccccc2C)nc1S(=O)(=O)c1ccc(F)cc1. The Bertz CT molecular complexity index is 1030. The Labute approximate surface area is 158 Å². The van der Waals surface area contributed by atoms with E-state index < -0.39 is 15.7 Å². The molecular weight excluding hydrogens is 367 g/mol. The molecule has 0 saturated heterocycles. The molecule has 3 aromatic rings. The first-order chi connectivity index (χ1) is 12.9. The zero-order chi connectivity index (χ0) is 19.4. The van der Waals surface area contributed by atoms with Crippen molar-refractivity contribution in [3.05, 3.63) is 59.9 Å². The van der Waals surface area contributed by atoms with Gasteiger partial charge in [0.1, 0.15) is 5.82 Å². The summed E-state index contributed by atoms with van der Waals surface area (Å²) in [6.45, 7) is 4.50. The normalized spacial score (nSPS) is 11.5. The van der Waals surface area contributed by atoms with Crippen LogP contribution in [0, 0.1) is 12.7 Å². The lowest BCUT2D eigenvalue weighted by atomic mass is 10.1. The van der Waals surface area contributed by atoms with Gasteiger partial charge in [-0.3, -0.25) is 0 Å². The molecule has 0 saturated carbocycles. The van der Waals surface area contributed by atoms with E-state index in [-0.39, 0.29) is 21.7 Å².